The zero-order chi connectivity index (χ0) is 20.5. The summed E-state index contributed by atoms with van der Waals surface area (Å²) in [5.41, 5.74) is -0.133. The third-order valence-corrected chi connectivity index (χ3v) is 5.06. The average molecular weight is 422 g/mol. The van der Waals surface area contributed by atoms with Crippen LogP contribution in [0.2, 0.25) is 0 Å². The number of carbonyl (C=O) groups excluding carboxylic acids is 2. The van der Waals surface area contributed by atoms with Crippen LogP contribution in [0.5, 0.6) is 0 Å². The number of hydrogen-bond donors (Lipinski definition) is 1. The van der Waals surface area contributed by atoms with Crippen LogP contribution in [0, 0.1) is 6.07 Å². The van der Waals surface area contributed by atoms with Gasteiger partial charge in [-0.15, -0.1) is 41.1 Å². The standard InChI is InChI=1S/C20H15O7S.Na/c1-26-19(21)13-10-16(20(22)27-2)18(17(11-13)28(23,24)25)15-9-5-7-12-6-3-4-8-14(12)15;/h3-6,8-11H,1-2H3,(H,23,24,25);/q-1;+1. The Morgan fingerprint density at radius 1 is 1.00 bits per heavy atom. The van der Waals surface area contributed by atoms with E-state index in [9.17, 15) is 22.6 Å². The van der Waals surface area contributed by atoms with Crippen molar-refractivity contribution in [1.29, 1.82) is 0 Å². The molecule has 0 spiro atoms. The van der Waals surface area contributed by atoms with Crippen molar-refractivity contribution in [3.8, 4) is 11.1 Å². The van der Waals surface area contributed by atoms with Crippen molar-refractivity contribution in [3.05, 3.63) is 65.7 Å². The van der Waals surface area contributed by atoms with E-state index in [1.165, 1.54) is 6.07 Å². The molecule has 1 N–H and O–H groups in total. The van der Waals surface area contributed by atoms with Crippen molar-refractivity contribution in [3.63, 3.8) is 0 Å². The first kappa shape index (κ1) is 23.1. The molecular weight excluding hydrogens is 407 g/mol. The normalized spacial score (nSPS) is 10.9. The largest absolute Gasteiger partial charge is 1.00 e. The number of esters is 2. The molecule has 0 aliphatic heterocycles. The Balaban J connectivity index is 0.00000300. The minimum absolute atomic E-state index is 0. The Morgan fingerprint density at radius 2 is 1.66 bits per heavy atom. The molecule has 9 heteroatoms. The number of ether oxygens (including phenoxy) is 2. The fraction of sp³-hybridized carbons (Fsp3) is 0.100. The van der Waals surface area contributed by atoms with Crippen molar-refractivity contribution in [2.24, 2.45) is 0 Å². The smallest absolute Gasteiger partial charge is 0.465 e. The van der Waals surface area contributed by atoms with Crippen molar-refractivity contribution in [1.82, 2.24) is 0 Å². The molecule has 0 amide bonds. The van der Waals surface area contributed by atoms with Gasteiger partial charge in [-0.1, -0.05) is 17.7 Å². The Hall–Kier alpha value is -2.23. The molecule has 0 saturated heterocycles. The first-order chi connectivity index (χ1) is 13.3. The van der Waals surface area contributed by atoms with Gasteiger partial charge >= 0.3 is 41.5 Å². The molecule has 3 rings (SSSR count). The van der Waals surface area contributed by atoms with E-state index in [2.05, 4.69) is 10.8 Å². The van der Waals surface area contributed by atoms with Crippen LogP contribution < -0.4 is 29.6 Å². The second kappa shape index (κ2) is 9.06. The van der Waals surface area contributed by atoms with Crippen LogP contribution in [0.3, 0.4) is 0 Å². The molecule has 0 unspecified atom stereocenters. The van der Waals surface area contributed by atoms with Gasteiger partial charge in [0.2, 0.25) is 0 Å². The third kappa shape index (κ3) is 4.52. The molecule has 0 aliphatic rings. The molecule has 3 aromatic carbocycles. The van der Waals surface area contributed by atoms with Crippen LogP contribution in [-0.2, 0) is 19.6 Å². The van der Waals surface area contributed by atoms with E-state index in [0.29, 0.717) is 16.3 Å². The van der Waals surface area contributed by atoms with Crippen molar-refractivity contribution < 1.29 is 61.6 Å². The Kier molecular flexibility index (Phi) is 7.20. The van der Waals surface area contributed by atoms with E-state index in [1.807, 2.05) is 0 Å². The van der Waals surface area contributed by atoms with Gasteiger partial charge in [0.25, 0.3) is 10.1 Å². The number of fused-ring (bicyclic) bond motifs is 1. The summed E-state index contributed by atoms with van der Waals surface area (Å²) < 4.78 is 43.5. The molecule has 0 atom stereocenters. The molecule has 0 heterocycles. The third-order valence-electron chi connectivity index (χ3n) is 4.18. The van der Waals surface area contributed by atoms with Crippen LogP contribution >= 0.6 is 0 Å². The zero-order valence-electron chi connectivity index (χ0n) is 15.9. The van der Waals surface area contributed by atoms with Gasteiger partial charge in [-0.05, 0) is 17.7 Å². The van der Waals surface area contributed by atoms with Gasteiger partial charge in [-0.2, -0.15) is 8.42 Å². The van der Waals surface area contributed by atoms with Gasteiger partial charge in [0.05, 0.1) is 25.3 Å². The predicted molar refractivity (Wildman–Crippen MR) is 101 cm³/mol. The first-order valence-corrected chi connectivity index (χ1v) is 9.44. The van der Waals surface area contributed by atoms with E-state index in [-0.39, 0.29) is 46.2 Å². The number of benzene rings is 3. The van der Waals surface area contributed by atoms with Crippen LogP contribution in [-0.4, -0.2) is 39.1 Å². The summed E-state index contributed by atoms with van der Waals surface area (Å²) in [6, 6.07) is 15.3. The van der Waals surface area contributed by atoms with E-state index in [0.717, 1.165) is 20.3 Å². The average Bonchev–Trinajstić information content (AvgIpc) is 2.70. The van der Waals surface area contributed by atoms with Gasteiger partial charge in [0.1, 0.15) is 4.90 Å². The second-order valence-electron chi connectivity index (χ2n) is 5.79. The SMILES string of the molecule is COC(=O)c1cc(C(=O)OC)c(-c2cc[c-]c3ccccc23)c(S(=O)(=O)O)c1.[Na+]. The minimum atomic E-state index is -4.80. The maximum atomic E-state index is 12.4. The van der Waals surface area contributed by atoms with E-state index in [1.54, 1.807) is 36.4 Å². The molecule has 0 radical (unpaired) electrons. The predicted octanol–water partition coefficient (Wildman–Crippen LogP) is 0.131. The molecule has 3 aromatic rings. The fourth-order valence-corrected chi connectivity index (χ4v) is 3.72. The van der Waals surface area contributed by atoms with Crippen molar-refractivity contribution in [2.75, 3.05) is 14.2 Å². The Labute approximate surface area is 189 Å². The molecular formula is C20H15NaO7S. The fourth-order valence-electron chi connectivity index (χ4n) is 2.97. The topological polar surface area (TPSA) is 107 Å². The number of methoxy groups -OCH3 is 2. The Morgan fingerprint density at radius 3 is 2.28 bits per heavy atom. The van der Waals surface area contributed by atoms with Crippen LogP contribution in [0.1, 0.15) is 20.7 Å². The quantitative estimate of drug-likeness (QED) is 0.276. The summed E-state index contributed by atoms with van der Waals surface area (Å²) >= 11 is 0. The van der Waals surface area contributed by atoms with Gasteiger partial charge < -0.3 is 9.47 Å². The second-order valence-corrected chi connectivity index (χ2v) is 7.18. The van der Waals surface area contributed by atoms with Crippen LogP contribution in [0.4, 0.5) is 0 Å². The maximum absolute atomic E-state index is 12.4. The van der Waals surface area contributed by atoms with Crippen LogP contribution in [0.25, 0.3) is 21.9 Å². The molecule has 144 valence electrons. The molecule has 0 saturated carbocycles. The number of carbonyl (C=O) groups is 2. The summed E-state index contributed by atoms with van der Waals surface area (Å²) in [6.45, 7) is 0. The van der Waals surface area contributed by atoms with Gasteiger partial charge in [0.15, 0.2) is 0 Å². The summed E-state index contributed by atoms with van der Waals surface area (Å²) in [4.78, 5) is 23.8. The van der Waals surface area contributed by atoms with Gasteiger partial charge in [-0.25, -0.2) is 9.59 Å². The summed E-state index contributed by atoms with van der Waals surface area (Å²) in [5.74, 6) is -1.74. The van der Waals surface area contributed by atoms with E-state index >= 15 is 0 Å². The zero-order valence-corrected chi connectivity index (χ0v) is 18.7. The Bertz CT molecular complexity index is 1200. The molecule has 0 aromatic heterocycles. The molecule has 0 bridgehead atoms. The number of hydrogen-bond acceptors (Lipinski definition) is 6. The number of rotatable bonds is 4. The molecule has 0 aliphatic carbocycles. The summed E-state index contributed by atoms with van der Waals surface area (Å²) in [7, 11) is -2.57. The first-order valence-electron chi connectivity index (χ1n) is 8.00. The van der Waals surface area contributed by atoms with Crippen molar-refractivity contribution >= 4 is 32.8 Å². The minimum Gasteiger partial charge on any atom is -0.465 e. The maximum Gasteiger partial charge on any atom is 1.00 e. The molecule has 29 heavy (non-hydrogen) atoms. The van der Waals surface area contributed by atoms with Gasteiger partial charge in [0, 0.05) is 0 Å². The summed E-state index contributed by atoms with van der Waals surface area (Å²) in [5, 5.41) is 1.28. The monoisotopic (exact) mass is 422 g/mol. The van der Waals surface area contributed by atoms with Gasteiger partial charge in [-0.3, -0.25) is 4.55 Å². The molecule has 0 fully saturated rings. The van der Waals surface area contributed by atoms with Crippen LogP contribution in [0.15, 0.2) is 53.4 Å². The summed E-state index contributed by atoms with van der Waals surface area (Å²) in [6.07, 6.45) is 0. The van der Waals surface area contributed by atoms with E-state index < -0.39 is 27.0 Å². The van der Waals surface area contributed by atoms with E-state index in [4.69, 9.17) is 4.74 Å². The molecule has 7 nitrogen and oxygen atoms in total. The van der Waals surface area contributed by atoms with Crippen molar-refractivity contribution in [2.45, 2.75) is 4.90 Å².